The molecule has 2 aliphatic heterocycles. The Bertz CT molecular complexity index is 802. The fourth-order valence-corrected chi connectivity index (χ4v) is 4.09. The van der Waals surface area contributed by atoms with Crippen molar-refractivity contribution >= 4 is 11.6 Å². The molecular weight excluding hydrogens is 340 g/mol. The number of nitrogens with zero attached hydrogens (tertiary/aromatic N) is 2. The summed E-state index contributed by atoms with van der Waals surface area (Å²) in [6.07, 6.45) is 2.01. The number of ether oxygens (including phenoxy) is 2. The lowest BCUT2D eigenvalue weighted by Crippen LogP contribution is -2.38. The first kappa shape index (κ1) is 17.9. The van der Waals surface area contributed by atoms with Crippen LogP contribution in [0.3, 0.4) is 0 Å². The quantitative estimate of drug-likeness (QED) is 0.830. The summed E-state index contributed by atoms with van der Waals surface area (Å²) in [5, 5.41) is 0. The molecule has 0 bridgehead atoms. The number of benzene rings is 2. The molecule has 2 fully saturated rings. The number of anilines is 1. The average molecular weight is 366 g/mol. The largest absolute Gasteiger partial charge is 0.497 e. The first-order valence-electron chi connectivity index (χ1n) is 9.64. The highest BCUT2D eigenvalue weighted by molar-refractivity contribution is 6.00. The normalized spacial score (nSPS) is 20.0. The monoisotopic (exact) mass is 366 g/mol. The van der Waals surface area contributed by atoms with Crippen LogP contribution in [0.25, 0.3) is 0 Å². The fourth-order valence-electron chi connectivity index (χ4n) is 4.09. The third kappa shape index (κ3) is 3.65. The molecular formula is C22H26N2O3. The van der Waals surface area contributed by atoms with E-state index in [1.165, 1.54) is 0 Å². The summed E-state index contributed by atoms with van der Waals surface area (Å²) in [4.78, 5) is 17.8. The van der Waals surface area contributed by atoms with E-state index < -0.39 is 0 Å². The van der Waals surface area contributed by atoms with Gasteiger partial charge in [0.2, 0.25) is 0 Å². The van der Waals surface area contributed by atoms with Crippen LogP contribution in [-0.2, 0) is 4.74 Å². The summed E-state index contributed by atoms with van der Waals surface area (Å²) in [7, 11) is 1.68. The number of methoxy groups -OCH3 is 1. The van der Waals surface area contributed by atoms with Gasteiger partial charge in [0, 0.05) is 25.3 Å². The van der Waals surface area contributed by atoms with Gasteiger partial charge < -0.3 is 19.3 Å². The van der Waals surface area contributed by atoms with Crippen LogP contribution in [-0.4, -0.2) is 50.8 Å². The molecule has 0 unspecified atom stereocenters. The summed E-state index contributed by atoms with van der Waals surface area (Å²) in [6, 6.07) is 16.1. The maximum Gasteiger partial charge on any atom is 0.256 e. The Morgan fingerprint density at radius 1 is 1.07 bits per heavy atom. The van der Waals surface area contributed by atoms with Crippen LogP contribution in [0.5, 0.6) is 5.75 Å². The van der Waals surface area contributed by atoms with Gasteiger partial charge in [0.05, 0.1) is 31.9 Å². The van der Waals surface area contributed by atoms with E-state index in [2.05, 4.69) is 17.0 Å². The molecule has 0 saturated carbocycles. The minimum atomic E-state index is 0.102. The van der Waals surface area contributed by atoms with Crippen LogP contribution in [0.15, 0.2) is 48.5 Å². The number of para-hydroxylation sites is 1. The molecule has 0 aliphatic carbocycles. The van der Waals surface area contributed by atoms with Gasteiger partial charge in [-0.05, 0) is 42.7 Å². The highest BCUT2D eigenvalue weighted by atomic mass is 16.5. The lowest BCUT2D eigenvalue weighted by atomic mass is 10.0. The first-order chi connectivity index (χ1) is 13.3. The van der Waals surface area contributed by atoms with E-state index in [9.17, 15) is 4.79 Å². The summed E-state index contributed by atoms with van der Waals surface area (Å²) < 4.78 is 10.8. The van der Waals surface area contributed by atoms with E-state index in [0.717, 1.165) is 55.0 Å². The zero-order chi connectivity index (χ0) is 18.6. The summed E-state index contributed by atoms with van der Waals surface area (Å²) >= 11 is 0. The minimum Gasteiger partial charge on any atom is -0.497 e. The lowest BCUT2D eigenvalue weighted by Gasteiger charge is -2.32. The number of morpholine rings is 1. The van der Waals surface area contributed by atoms with Crippen molar-refractivity contribution in [3.05, 3.63) is 59.7 Å². The maximum absolute atomic E-state index is 13.5. The van der Waals surface area contributed by atoms with Crippen molar-refractivity contribution < 1.29 is 14.3 Å². The zero-order valence-corrected chi connectivity index (χ0v) is 15.8. The van der Waals surface area contributed by atoms with Gasteiger partial charge in [0.15, 0.2) is 0 Å². The molecule has 2 aliphatic rings. The fraction of sp³-hybridized carbons (Fsp3) is 0.409. The van der Waals surface area contributed by atoms with Crippen molar-refractivity contribution in [2.45, 2.75) is 18.9 Å². The third-order valence-electron chi connectivity index (χ3n) is 5.48. The number of amides is 1. The van der Waals surface area contributed by atoms with Crippen LogP contribution in [0.2, 0.25) is 0 Å². The number of carbonyl (C=O) groups is 1. The van der Waals surface area contributed by atoms with Gasteiger partial charge in [-0.25, -0.2) is 0 Å². The van der Waals surface area contributed by atoms with Crippen LogP contribution >= 0.6 is 0 Å². The number of carbonyl (C=O) groups excluding carboxylic acids is 1. The Hall–Kier alpha value is -2.53. The smallest absolute Gasteiger partial charge is 0.256 e. The first-order valence-corrected chi connectivity index (χ1v) is 9.64. The Morgan fingerprint density at radius 2 is 1.89 bits per heavy atom. The van der Waals surface area contributed by atoms with Crippen molar-refractivity contribution in [1.29, 1.82) is 0 Å². The predicted molar refractivity (Wildman–Crippen MR) is 105 cm³/mol. The Kier molecular flexibility index (Phi) is 5.30. The molecule has 27 heavy (non-hydrogen) atoms. The molecule has 2 saturated heterocycles. The van der Waals surface area contributed by atoms with Crippen molar-refractivity contribution in [3.63, 3.8) is 0 Å². The lowest BCUT2D eigenvalue weighted by molar-refractivity contribution is 0.0735. The van der Waals surface area contributed by atoms with Crippen molar-refractivity contribution in [1.82, 2.24) is 4.90 Å². The highest BCUT2D eigenvalue weighted by Crippen LogP contribution is 2.36. The Morgan fingerprint density at radius 3 is 2.70 bits per heavy atom. The Labute approximate surface area is 160 Å². The van der Waals surface area contributed by atoms with E-state index in [4.69, 9.17) is 9.47 Å². The van der Waals surface area contributed by atoms with E-state index >= 15 is 0 Å². The van der Waals surface area contributed by atoms with E-state index in [1.54, 1.807) is 7.11 Å². The molecule has 0 aromatic heterocycles. The molecule has 1 atom stereocenters. The van der Waals surface area contributed by atoms with Gasteiger partial charge in [-0.15, -0.1) is 0 Å². The summed E-state index contributed by atoms with van der Waals surface area (Å²) in [6.45, 7) is 3.85. The van der Waals surface area contributed by atoms with Crippen LogP contribution in [0.4, 0.5) is 5.69 Å². The van der Waals surface area contributed by atoms with Gasteiger partial charge in [0.1, 0.15) is 5.75 Å². The predicted octanol–water partition coefficient (Wildman–Crippen LogP) is 3.51. The molecule has 0 spiro atoms. The number of hydrogen-bond donors (Lipinski definition) is 0. The van der Waals surface area contributed by atoms with Gasteiger partial charge in [0.25, 0.3) is 5.91 Å². The molecule has 5 nitrogen and oxygen atoms in total. The van der Waals surface area contributed by atoms with Crippen molar-refractivity contribution in [2.75, 3.05) is 44.9 Å². The van der Waals surface area contributed by atoms with Crippen LogP contribution in [0.1, 0.15) is 34.8 Å². The minimum absolute atomic E-state index is 0.102. The van der Waals surface area contributed by atoms with Crippen LogP contribution < -0.4 is 9.64 Å². The molecule has 0 N–H and O–H groups in total. The molecule has 1 amide bonds. The molecule has 2 aromatic rings. The maximum atomic E-state index is 13.5. The molecule has 4 rings (SSSR count). The molecule has 142 valence electrons. The van der Waals surface area contributed by atoms with Gasteiger partial charge in [-0.1, -0.05) is 24.3 Å². The van der Waals surface area contributed by atoms with Crippen molar-refractivity contribution in [2.24, 2.45) is 0 Å². The number of likely N-dealkylation sites (tertiary alicyclic amines) is 1. The molecule has 0 radical (unpaired) electrons. The van der Waals surface area contributed by atoms with Crippen LogP contribution in [0, 0.1) is 0 Å². The summed E-state index contributed by atoms with van der Waals surface area (Å²) in [5.41, 5.74) is 2.94. The standard InChI is InChI=1S/C22H26N2O3/c1-26-18-7-4-6-17(16-18)20-10-5-11-24(20)22(25)19-8-2-3-9-21(19)23-12-14-27-15-13-23/h2-4,6-9,16,20H,5,10-15H2,1H3/t20-/m0/s1. The Balaban J connectivity index is 1.62. The van der Waals surface area contributed by atoms with Gasteiger partial charge in [-0.3, -0.25) is 4.79 Å². The highest BCUT2D eigenvalue weighted by Gasteiger charge is 2.32. The zero-order valence-electron chi connectivity index (χ0n) is 15.8. The molecule has 2 aromatic carbocycles. The van der Waals surface area contributed by atoms with Crippen molar-refractivity contribution in [3.8, 4) is 5.75 Å². The van der Waals surface area contributed by atoms with E-state index in [0.29, 0.717) is 13.2 Å². The summed E-state index contributed by atoms with van der Waals surface area (Å²) in [5.74, 6) is 0.947. The van der Waals surface area contributed by atoms with E-state index in [1.807, 2.05) is 41.3 Å². The van der Waals surface area contributed by atoms with Gasteiger partial charge >= 0.3 is 0 Å². The average Bonchev–Trinajstić information content (AvgIpc) is 3.24. The topological polar surface area (TPSA) is 42.0 Å². The second kappa shape index (κ2) is 8.01. The SMILES string of the molecule is COc1cccc([C@@H]2CCCN2C(=O)c2ccccc2N2CCOCC2)c1. The molecule has 5 heteroatoms. The number of hydrogen-bond acceptors (Lipinski definition) is 4. The van der Waals surface area contributed by atoms with E-state index in [-0.39, 0.29) is 11.9 Å². The second-order valence-corrected chi connectivity index (χ2v) is 7.05. The number of rotatable bonds is 4. The second-order valence-electron chi connectivity index (χ2n) is 7.05. The van der Waals surface area contributed by atoms with Gasteiger partial charge in [-0.2, -0.15) is 0 Å². The third-order valence-corrected chi connectivity index (χ3v) is 5.48. The molecule has 2 heterocycles.